The fraction of sp³-hybridized carbons (Fsp3) is 0.0833. The molecule has 0 radical (unpaired) electrons. The Morgan fingerprint density at radius 2 is 0.645 bits per heavy atom. The van der Waals surface area contributed by atoms with Crippen molar-refractivity contribution in [2.24, 2.45) is 0 Å². The van der Waals surface area contributed by atoms with Gasteiger partial charge in [-0.2, -0.15) is 0 Å². The van der Waals surface area contributed by atoms with E-state index in [1.165, 1.54) is 115 Å². The van der Waals surface area contributed by atoms with Crippen LogP contribution in [0, 0.1) is 0 Å². The van der Waals surface area contributed by atoms with Crippen molar-refractivity contribution in [2.75, 3.05) is 9.80 Å². The summed E-state index contributed by atoms with van der Waals surface area (Å²) in [5.74, 6) is 0. The summed E-state index contributed by atoms with van der Waals surface area (Å²) >= 11 is 0. The fourth-order valence-electron chi connectivity index (χ4n) is 13.8. The normalized spacial score (nSPS) is 14.5. The molecule has 0 saturated carbocycles. The second-order valence-corrected chi connectivity index (χ2v) is 22.1. The number of fused-ring (bicyclic) bond motifs is 16. The van der Waals surface area contributed by atoms with Crippen LogP contribution in [0.3, 0.4) is 0 Å². The second-order valence-electron chi connectivity index (χ2n) is 22.1. The zero-order chi connectivity index (χ0) is 50.6. The molecule has 12 aromatic carbocycles. The maximum atomic E-state index is 2.57. The summed E-state index contributed by atoms with van der Waals surface area (Å²) in [6, 6.07) is 90.9. The standard InChI is InChI=1S/C72H52N4/c1-71(2)59-31-14-18-35-65(59)73(45-21-6-5-7-22-45)69-40-48(37-38-61(69)71)76-67-43-56-52-28-11-9-26-50(52)49-25-8-10-27-51(49)55(56)41-57(67)58-42-62-70(44-68(58)76)75(66-36-19-15-32-60(66)72(62,3)4)47-24-20-23-46(39-47)74-63-33-16-12-29-53(63)54-30-13-17-34-64(54)74/h5-44H,1-4H3. The number of hydrogen-bond acceptors (Lipinski definition) is 2. The predicted molar refractivity (Wildman–Crippen MR) is 321 cm³/mol. The van der Waals surface area contributed by atoms with Crippen LogP contribution in [0.2, 0.25) is 0 Å². The monoisotopic (exact) mass is 972 g/mol. The van der Waals surface area contributed by atoms with Crippen molar-refractivity contribution in [2.45, 2.75) is 38.5 Å². The molecule has 0 bridgehead atoms. The zero-order valence-corrected chi connectivity index (χ0v) is 42.9. The first-order valence-corrected chi connectivity index (χ1v) is 26.7. The average molecular weight is 973 g/mol. The Morgan fingerprint density at radius 1 is 0.224 bits per heavy atom. The topological polar surface area (TPSA) is 16.3 Å². The van der Waals surface area contributed by atoms with Crippen molar-refractivity contribution in [3.63, 3.8) is 0 Å². The Morgan fingerprint density at radius 3 is 1.29 bits per heavy atom. The van der Waals surface area contributed by atoms with Gasteiger partial charge in [-0.15, -0.1) is 0 Å². The van der Waals surface area contributed by atoms with Crippen molar-refractivity contribution in [1.82, 2.24) is 9.13 Å². The van der Waals surface area contributed by atoms with Crippen LogP contribution in [0.4, 0.5) is 34.1 Å². The van der Waals surface area contributed by atoms with E-state index < -0.39 is 0 Å². The molecule has 2 aliphatic rings. The van der Waals surface area contributed by atoms with Crippen LogP contribution in [0.15, 0.2) is 243 Å². The molecule has 2 aromatic heterocycles. The summed E-state index contributed by atoms with van der Waals surface area (Å²) in [6.07, 6.45) is 0. The van der Waals surface area contributed by atoms with Gasteiger partial charge in [-0.05, 0) is 146 Å². The van der Waals surface area contributed by atoms with Gasteiger partial charge in [0.2, 0.25) is 0 Å². The van der Waals surface area contributed by atoms with Crippen LogP contribution in [0.5, 0.6) is 0 Å². The highest BCUT2D eigenvalue weighted by atomic mass is 15.2. The van der Waals surface area contributed by atoms with E-state index in [1.54, 1.807) is 0 Å². The molecule has 4 heteroatoms. The molecule has 360 valence electrons. The molecule has 0 saturated heterocycles. The summed E-state index contributed by atoms with van der Waals surface area (Å²) in [5, 5.41) is 12.6. The summed E-state index contributed by atoms with van der Waals surface area (Å²) in [4.78, 5) is 5.02. The molecule has 2 aliphatic heterocycles. The molecule has 0 aliphatic carbocycles. The number of aromatic nitrogens is 2. The number of nitrogens with zero attached hydrogens (tertiary/aromatic N) is 4. The van der Waals surface area contributed by atoms with Gasteiger partial charge in [-0.25, -0.2) is 0 Å². The molecule has 0 fully saturated rings. The summed E-state index contributed by atoms with van der Waals surface area (Å²) in [5.41, 5.74) is 18.7. The van der Waals surface area contributed by atoms with Gasteiger partial charge in [0.15, 0.2) is 0 Å². The summed E-state index contributed by atoms with van der Waals surface area (Å²) in [7, 11) is 0. The molecular weight excluding hydrogens is 921 g/mol. The van der Waals surface area contributed by atoms with Gasteiger partial charge in [0.25, 0.3) is 0 Å². The lowest BCUT2D eigenvalue weighted by Crippen LogP contribution is -2.30. The fourth-order valence-corrected chi connectivity index (χ4v) is 13.8. The van der Waals surface area contributed by atoms with Crippen molar-refractivity contribution >= 4 is 110 Å². The van der Waals surface area contributed by atoms with Gasteiger partial charge < -0.3 is 18.9 Å². The van der Waals surface area contributed by atoms with Crippen LogP contribution >= 0.6 is 0 Å². The van der Waals surface area contributed by atoms with E-state index in [1.807, 2.05) is 0 Å². The van der Waals surface area contributed by atoms with Gasteiger partial charge >= 0.3 is 0 Å². The number of para-hydroxylation sites is 5. The third-order valence-electron chi connectivity index (χ3n) is 17.4. The van der Waals surface area contributed by atoms with E-state index in [4.69, 9.17) is 0 Å². The zero-order valence-electron chi connectivity index (χ0n) is 42.9. The first-order valence-electron chi connectivity index (χ1n) is 26.7. The minimum absolute atomic E-state index is 0.237. The highest BCUT2D eigenvalue weighted by molar-refractivity contribution is 6.29. The molecule has 16 rings (SSSR count). The van der Waals surface area contributed by atoms with E-state index >= 15 is 0 Å². The van der Waals surface area contributed by atoms with Gasteiger partial charge in [-0.1, -0.05) is 179 Å². The van der Waals surface area contributed by atoms with Crippen LogP contribution in [0.1, 0.15) is 49.9 Å². The number of hydrogen-bond donors (Lipinski definition) is 0. The first-order chi connectivity index (χ1) is 37.2. The molecular formula is C72H52N4. The number of anilines is 6. The summed E-state index contributed by atoms with van der Waals surface area (Å²) in [6.45, 7) is 9.59. The maximum Gasteiger partial charge on any atom is 0.0562 e. The Balaban J connectivity index is 1.01. The quantitative estimate of drug-likeness (QED) is 0.163. The minimum atomic E-state index is -0.323. The van der Waals surface area contributed by atoms with Crippen molar-refractivity contribution in [3.05, 3.63) is 265 Å². The SMILES string of the molecule is CC1(C)c2ccccc2N(c2ccccc2)c2cc(-n3c4cc5c(cc4c4cc6c7ccccc7c7ccccc7c6cc43)C(C)(C)c3ccccc3N5c3cccc(-n4c5ccccc5c5ccccc54)c3)ccc21. The van der Waals surface area contributed by atoms with E-state index in [0.29, 0.717) is 0 Å². The molecule has 0 spiro atoms. The predicted octanol–water partition coefficient (Wildman–Crippen LogP) is 19.6. The molecule has 4 nitrogen and oxygen atoms in total. The van der Waals surface area contributed by atoms with E-state index in [2.05, 4.69) is 289 Å². The second kappa shape index (κ2) is 15.6. The van der Waals surface area contributed by atoms with E-state index in [0.717, 1.165) is 28.3 Å². The lowest BCUT2D eigenvalue weighted by molar-refractivity contribution is 0.631. The van der Waals surface area contributed by atoms with Crippen LogP contribution in [0.25, 0.3) is 87.3 Å². The lowest BCUT2D eigenvalue weighted by atomic mass is 9.73. The van der Waals surface area contributed by atoms with Gasteiger partial charge in [-0.3, -0.25) is 0 Å². The first kappa shape index (κ1) is 43.1. The average Bonchev–Trinajstić information content (AvgIpc) is 4.15. The van der Waals surface area contributed by atoms with E-state index in [-0.39, 0.29) is 10.8 Å². The van der Waals surface area contributed by atoms with Crippen molar-refractivity contribution in [1.29, 1.82) is 0 Å². The largest absolute Gasteiger partial charge is 0.310 e. The van der Waals surface area contributed by atoms with Crippen molar-refractivity contribution in [3.8, 4) is 11.4 Å². The molecule has 76 heavy (non-hydrogen) atoms. The highest BCUT2D eigenvalue weighted by Gasteiger charge is 2.40. The maximum absolute atomic E-state index is 2.57. The number of benzene rings is 12. The highest BCUT2D eigenvalue weighted by Crippen LogP contribution is 2.56. The molecule has 0 amide bonds. The van der Waals surface area contributed by atoms with Gasteiger partial charge in [0.05, 0.1) is 44.8 Å². The Hall–Kier alpha value is -9.38. The van der Waals surface area contributed by atoms with Crippen LogP contribution in [-0.4, -0.2) is 9.13 Å². The molecule has 14 aromatic rings. The molecule has 0 atom stereocenters. The molecule has 0 N–H and O–H groups in total. The van der Waals surface area contributed by atoms with Crippen LogP contribution < -0.4 is 9.80 Å². The number of rotatable bonds is 4. The van der Waals surface area contributed by atoms with Gasteiger partial charge in [0, 0.05) is 55.1 Å². The van der Waals surface area contributed by atoms with Crippen LogP contribution in [-0.2, 0) is 10.8 Å². The lowest BCUT2D eigenvalue weighted by Gasteiger charge is -2.42. The van der Waals surface area contributed by atoms with Gasteiger partial charge in [0.1, 0.15) is 0 Å². The van der Waals surface area contributed by atoms with E-state index in [9.17, 15) is 0 Å². The molecule has 4 heterocycles. The summed E-state index contributed by atoms with van der Waals surface area (Å²) < 4.78 is 5.01. The minimum Gasteiger partial charge on any atom is -0.310 e. The third-order valence-corrected chi connectivity index (χ3v) is 17.4. The Bertz CT molecular complexity index is 4730. The Kier molecular flexibility index (Phi) is 8.83. The smallest absolute Gasteiger partial charge is 0.0562 e. The Labute approximate surface area is 441 Å². The van der Waals surface area contributed by atoms with Crippen molar-refractivity contribution < 1.29 is 0 Å². The third kappa shape index (κ3) is 5.84. The molecule has 0 unspecified atom stereocenters.